The maximum atomic E-state index is 10.9. The van der Waals surface area contributed by atoms with Crippen LogP contribution in [0.15, 0.2) is 12.2 Å². The largest absolute Gasteiger partial charge is 0.393 e. The lowest BCUT2D eigenvalue weighted by Gasteiger charge is -1.98. The van der Waals surface area contributed by atoms with Crippen molar-refractivity contribution in [3.05, 3.63) is 12.2 Å². The highest BCUT2D eigenvalue weighted by atomic mass is 16.6. The summed E-state index contributed by atoms with van der Waals surface area (Å²) in [5.41, 5.74) is 0. The lowest BCUT2D eigenvalue weighted by molar-refractivity contribution is -0.159. The molecular weight excluding hydrogens is 168 g/mol. The van der Waals surface area contributed by atoms with Gasteiger partial charge in [-0.05, 0) is 12.8 Å². The fraction of sp³-hybridized carbons (Fsp3) is 0.600. The fourth-order valence-electron chi connectivity index (χ4n) is 0.770. The number of carbonyl (C=O) groups excluding carboxylic acids is 2. The highest BCUT2D eigenvalue weighted by Gasteiger charge is 2.06. The number of carbonyl (C=O) groups is 2. The molecule has 0 heterocycles. The van der Waals surface area contributed by atoms with E-state index >= 15 is 0 Å². The van der Waals surface area contributed by atoms with E-state index in [1.165, 1.54) is 0 Å². The minimum Gasteiger partial charge on any atom is -0.393 e. The third kappa shape index (κ3) is 7.25. The van der Waals surface area contributed by atoms with Gasteiger partial charge in [-0.3, -0.25) is 9.59 Å². The molecule has 3 nitrogen and oxygen atoms in total. The van der Waals surface area contributed by atoms with Crippen molar-refractivity contribution in [1.29, 1.82) is 0 Å². The molecule has 0 saturated heterocycles. The van der Waals surface area contributed by atoms with Gasteiger partial charge < -0.3 is 4.74 Å². The number of allylic oxidation sites excluding steroid dienone is 1. The highest BCUT2D eigenvalue weighted by molar-refractivity contribution is 5.86. The van der Waals surface area contributed by atoms with Crippen molar-refractivity contribution in [2.45, 2.75) is 39.5 Å². The Morgan fingerprint density at radius 2 is 1.85 bits per heavy atom. The summed E-state index contributed by atoms with van der Waals surface area (Å²) in [6.45, 7) is 3.84. The van der Waals surface area contributed by atoms with Crippen LogP contribution in [-0.4, -0.2) is 11.9 Å². The van der Waals surface area contributed by atoms with E-state index in [2.05, 4.69) is 4.74 Å². The molecule has 0 atom stereocenters. The van der Waals surface area contributed by atoms with Crippen molar-refractivity contribution in [2.75, 3.05) is 0 Å². The van der Waals surface area contributed by atoms with Gasteiger partial charge >= 0.3 is 11.9 Å². The van der Waals surface area contributed by atoms with E-state index in [0.29, 0.717) is 12.8 Å². The summed E-state index contributed by atoms with van der Waals surface area (Å²) in [5, 5.41) is 0. The predicted octanol–water partition coefficient (Wildman–Crippen LogP) is 2.21. The van der Waals surface area contributed by atoms with Crippen molar-refractivity contribution in [1.82, 2.24) is 0 Å². The summed E-state index contributed by atoms with van der Waals surface area (Å²) in [7, 11) is 0. The molecule has 0 aromatic carbocycles. The van der Waals surface area contributed by atoms with E-state index in [-0.39, 0.29) is 6.42 Å². The zero-order valence-corrected chi connectivity index (χ0v) is 8.21. The second-order valence-corrected chi connectivity index (χ2v) is 2.68. The van der Waals surface area contributed by atoms with E-state index < -0.39 is 11.9 Å². The van der Waals surface area contributed by atoms with Gasteiger partial charge in [0.15, 0.2) is 0 Å². The van der Waals surface area contributed by atoms with Crippen molar-refractivity contribution in [3.63, 3.8) is 0 Å². The maximum Gasteiger partial charge on any atom is 0.317 e. The first-order valence-corrected chi connectivity index (χ1v) is 4.59. The number of rotatable bonds is 5. The molecule has 0 fully saturated rings. The lowest BCUT2D eigenvalue weighted by atomic mass is 10.3. The van der Waals surface area contributed by atoms with Gasteiger partial charge in [0.2, 0.25) is 0 Å². The van der Waals surface area contributed by atoms with Gasteiger partial charge in [0.1, 0.15) is 0 Å². The van der Waals surface area contributed by atoms with E-state index in [9.17, 15) is 9.59 Å². The van der Waals surface area contributed by atoms with Crippen LogP contribution >= 0.6 is 0 Å². The van der Waals surface area contributed by atoms with Crippen LogP contribution in [0.25, 0.3) is 0 Å². The first-order chi connectivity index (χ1) is 6.20. The molecule has 0 amide bonds. The molecule has 0 unspecified atom stereocenters. The number of ether oxygens (including phenoxy) is 1. The third-order valence-corrected chi connectivity index (χ3v) is 1.37. The van der Waals surface area contributed by atoms with E-state index in [0.717, 1.165) is 6.42 Å². The third-order valence-electron chi connectivity index (χ3n) is 1.37. The van der Waals surface area contributed by atoms with Crippen LogP contribution < -0.4 is 0 Å². The van der Waals surface area contributed by atoms with Gasteiger partial charge in [0.05, 0.1) is 6.42 Å². The van der Waals surface area contributed by atoms with Crippen LogP contribution in [0.4, 0.5) is 0 Å². The number of hydrogen-bond acceptors (Lipinski definition) is 3. The van der Waals surface area contributed by atoms with Crippen LogP contribution in [0.1, 0.15) is 39.5 Å². The Bertz CT molecular complexity index is 194. The Kier molecular flexibility index (Phi) is 6.88. The highest BCUT2D eigenvalue weighted by Crippen LogP contribution is 1.95. The first kappa shape index (κ1) is 11.9. The summed E-state index contributed by atoms with van der Waals surface area (Å²) >= 11 is 0. The fourth-order valence-corrected chi connectivity index (χ4v) is 0.770. The van der Waals surface area contributed by atoms with Crippen LogP contribution in [0.2, 0.25) is 0 Å². The van der Waals surface area contributed by atoms with Gasteiger partial charge in [0.25, 0.3) is 0 Å². The molecular formula is C10H16O3. The van der Waals surface area contributed by atoms with Gasteiger partial charge in [-0.15, -0.1) is 0 Å². The molecule has 0 N–H and O–H groups in total. The Morgan fingerprint density at radius 3 is 2.38 bits per heavy atom. The molecule has 0 aliphatic carbocycles. The van der Waals surface area contributed by atoms with E-state index in [1.807, 2.05) is 19.9 Å². The minimum atomic E-state index is -0.469. The molecule has 0 aliphatic rings. The average Bonchev–Trinajstić information content (AvgIpc) is 2.05. The van der Waals surface area contributed by atoms with Gasteiger partial charge in [-0.1, -0.05) is 26.0 Å². The Morgan fingerprint density at radius 1 is 1.15 bits per heavy atom. The van der Waals surface area contributed by atoms with Gasteiger partial charge in [-0.2, -0.15) is 0 Å². The van der Waals surface area contributed by atoms with Crippen molar-refractivity contribution < 1.29 is 14.3 Å². The van der Waals surface area contributed by atoms with Crippen molar-refractivity contribution in [2.24, 2.45) is 0 Å². The number of hydrogen-bond donors (Lipinski definition) is 0. The summed E-state index contributed by atoms with van der Waals surface area (Å²) in [6.07, 6.45) is 5.66. The minimum absolute atomic E-state index is 0.184. The van der Waals surface area contributed by atoms with Gasteiger partial charge in [0, 0.05) is 6.42 Å². The average molecular weight is 184 g/mol. The monoisotopic (exact) mass is 184 g/mol. The second-order valence-electron chi connectivity index (χ2n) is 2.68. The molecule has 0 rings (SSSR count). The molecule has 74 valence electrons. The lowest BCUT2D eigenvalue weighted by Crippen LogP contribution is -2.10. The Labute approximate surface area is 78.8 Å². The van der Waals surface area contributed by atoms with Crippen molar-refractivity contribution >= 4 is 11.9 Å². The maximum absolute atomic E-state index is 10.9. The standard InChI is InChI=1S/C10H16O3/c1-3-5-6-8-10(12)13-9(11)7-4-2/h5-6H,3-4,7-8H2,1-2H3/b6-5+. The van der Waals surface area contributed by atoms with Gasteiger partial charge in [-0.25, -0.2) is 0 Å². The van der Waals surface area contributed by atoms with Crippen LogP contribution in [0.5, 0.6) is 0 Å². The summed E-state index contributed by atoms with van der Waals surface area (Å²) in [5.74, 6) is -0.902. The SMILES string of the molecule is CC/C=C/CC(=O)OC(=O)CCC. The number of esters is 2. The first-order valence-electron chi connectivity index (χ1n) is 4.59. The zero-order chi connectivity index (χ0) is 10.1. The Balaban J connectivity index is 3.62. The molecule has 3 heteroatoms. The molecule has 0 bridgehead atoms. The van der Waals surface area contributed by atoms with E-state index in [1.54, 1.807) is 6.08 Å². The summed E-state index contributed by atoms with van der Waals surface area (Å²) in [4.78, 5) is 21.7. The normalized spacial score (nSPS) is 10.3. The molecule has 0 aliphatic heterocycles. The summed E-state index contributed by atoms with van der Waals surface area (Å²) in [6, 6.07) is 0. The zero-order valence-electron chi connectivity index (χ0n) is 8.21. The smallest absolute Gasteiger partial charge is 0.317 e. The molecule has 0 radical (unpaired) electrons. The van der Waals surface area contributed by atoms with Crippen molar-refractivity contribution in [3.8, 4) is 0 Å². The quantitative estimate of drug-likeness (QED) is 0.374. The molecule has 0 aromatic rings. The molecule has 0 saturated carbocycles. The van der Waals surface area contributed by atoms with Crippen LogP contribution in [0.3, 0.4) is 0 Å². The van der Waals surface area contributed by atoms with Crippen LogP contribution in [-0.2, 0) is 14.3 Å². The predicted molar refractivity (Wildman–Crippen MR) is 50.1 cm³/mol. The van der Waals surface area contributed by atoms with E-state index in [4.69, 9.17) is 0 Å². The Hall–Kier alpha value is -1.12. The van der Waals surface area contributed by atoms with Crippen LogP contribution in [0, 0.1) is 0 Å². The topological polar surface area (TPSA) is 43.4 Å². The summed E-state index contributed by atoms with van der Waals surface area (Å²) < 4.78 is 4.51. The molecule has 0 spiro atoms. The molecule has 13 heavy (non-hydrogen) atoms. The molecule has 0 aromatic heterocycles. The second kappa shape index (κ2) is 7.53.